The number of hydrogen-bond donors (Lipinski definition) is 1. The quantitative estimate of drug-likeness (QED) is 0.636. The molecule has 0 heterocycles. The topological polar surface area (TPSA) is 54.4 Å². The van der Waals surface area contributed by atoms with Gasteiger partial charge in [-0.15, -0.1) is 11.6 Å². The molecular weight excluding hydrogens is 228 g/mol. The van der Waals surface area contributed by atoms with Gasteiger partial charge in [0.25, 0.3) is 0 Å². The molecule has 16 heavy (non-hydrogen) atoms. The van der Waals surface area contributed by atoms with Crippen molar-refractivity contribution in [3.8, 4) is 0 Å². The number of ketones is 1. The number of aromatic carboxylic acids is 1. The zero-order chi connectivity index (χ0) is 12.1. The molecular formula is C12H13ClO3. The van der Waals surface area contributed by atoms with Gasteiger partial charge in [-0.25, -0.2) is 4.79 Å². The minimum Gasteiger partial charge on any atom is -0.478 e. The van der Waals surface area contributed by atoms with Crippen LogP contribution in [-0.4, -0.2) is 22.7 Å². The van der Waals surface area contributed by atoms with E-state index in [9.17, 15) is 9.59 Å². The van der Waals surface area contributed by atoms with Crippen LogP contribution in [0, 0.1) is 6.92 Å². The molecule has 0 saturated heterocycles. The Morgan fingerprint density at radius 3 is 2.62 bits per heavy atom. The van der Waals surface area contributed by atoms with Crippen molar-refractivity contribution in [2.45, 2.75) is 19.8 Å². The van der Waals surface area contributed by atoms with Crippen molar-refractivity contribution in [2.75, 3.05) is 5.88 Å². The predicted octanol–water partition coefficient (Wildman–Crippen LogP) is 2.89. The summed E-state index contributed by atoms with van der Waals surface area (Å²) in [6.45, 7) is 1.70. The first kappa shape index (κ1) is 12.7. The second kappa shape index (κ2) is 5.66. The van der Waals surface area contributed by atoms with Crippen LogP contribution in [0.2, 0.25) is 0 Å². The predicted molar refractivity (Wildman–Crippen MR) is 62.4 cm³/mol. The van der Waals surface area contributed by atoms with Crippen LogP contribution in [0.25, 0.3) is 0 Å². The molecule has 0 amide bonds. The van der Waals surface area contributed by atoms with E-state index < -0.39 is 5.97 Å². The van der Waals surface area contributed by atoms with E-state index in [-0.39, 0.29) is 11.3 Å². The highest BCUT2D eigenvalue weighted by Gasteiger charge is 2.11. The van der Waals surface area contributed by atoms with Crippen molar-refractivity contribution < 1.29 is 14.7 Å². The van der Waals surface area contributed by atoms with Crippen molar-refractivity contribution in [1.82, 2.24) is 0 Å². The normalized spacial score (nSPS) is 10.1. The molecule has 0 aromatic heterocycles. The lowest BCUT2D eigenvalue weighted by molar-refractivity contribution is 0.0696. The summed E-state index contributed by atoms with van der Waals surface area (Å²) in [7, 11) is 0. The third-order valence-corrected chi connectivity index (χ3v) is 2.59. The summed E-state index contributed by atoms with van der Waals surface area (Å²) in [5.41, 5.74) is 1.27. The molecule has 1 aromatic carbocycles. The summed E-state index contributed by atoms with van der Waals surface area (Å²) in [5.74, 6) is -0.642. The Balaban J connectivity index is 2.94. The fourth-order valence-electron chi connectivity index (χ4n) is 1.40. The molecule has 1 rings (SSSR count). The SMILES string of the molecule is Cc1ccc(C(=O)CCCCl)cc1C(=O)O. The number of hydrogen-bond acceptors (Lipinski definition) is 2. The number of Topliss-reactive ketones (excluding diaryl/α,β-unsaturated/α-hetero) is 1. The molecule has 1 N–H and O–H groups in total. The number of carbonyl (C=O) groups is 2. The van der Waals surface area contributed by atoms with E-state index >= 15 is 0 Å². The fraction of sp³-hybridized carbons (Fsp3) is 0.333. The molecule has 0 bridgehead atoms. The van der Waals surface area contributed by atoms with Crippen LogP contribution in [0.1, 0.15) is 39.1 Å². The summed E-state index contributed by atoms with van der Waals surface area (Å²) in [6.07, 6.45) is 0.961. The van der Waals surface area contributed by atoms with Crippen molar-refractivity contribution in [2.24, 2.45) is 0 Å². The zero-order valence-corrected chi connectivity index (χ0v) is 9.75. The van der Waals surface area contributed by atoms with Gasteiger partial charge in [-0.05, 0) is 25.0 Å². The Bertz CT molecular complexity index is 413. The summed E-state index contributed by atoms with van der Waals surface area (Å²) >= 11 is 5.49. The molecule has 1 aromatic rings. The Morgan fingerprint density at radius 2 is 2.06 bits per heavy atom. The summed E-state index contributed by atoms with van der Waals surface area (Å²) in [6, 6.07) is 4.73. The first-order valence-corrected chi connectivity index (χ1v) is 5.53. The maximum absolute atomic E-state index is 11.6. The van der Waals surface area contributed by atoms with Gasteiger partial charge in [-0.3, -0.25) is 4.79 Å². The highest BCUT2D eigenvalue weighted by atomic mass is 35.5. The number of carbonyl (C=O) groups excluding carboxylic acids is 1. The van der Waals surface area contributed by atoms with Crippen LogP contribution in [-0.2, 0) is 0 Å². The molecule has 0 aliphatic heterocycles. The second-order valence-corrected chi connectivity index (χ2v) is 3.93. The van der Waals surface area contributed by atoms with Gasteiger partial charge in [0.1, 0.15) is 0 Å². The minimum absolute atomic E-state index is 0.0665. The van der Waals surface area contributed by atoms with Crippen LogP contribution in [0.3, 0.4) is 0 Å². The summed E-state index contributed by atoms with van der Waals surface area (Å²) in [4.78, 5) is 22.5. The van der Waals surface area contributed by atoms with E-state index in [2.05, 4.69) is 0 Å². The minimum atomic E-state index is -1.01. The first-order chi connectivity index (χ1) is 7.56. The van der Waals surface area contributed by atoms with Crippen LogP contribution in [0.15, 0.2) is 18.2 Å². The number of aryl methyl sites for hydroxylation is 1. The van der Waals surface area contributed by atoms with Gasteiger partial charge < -0.3 is 5.11 Å². The molecule has 0 saturated carbocycles. The van der Waals surface area contributed by atoms with Gasteiger partial charge in [0, 0.05) is 17.9 Å². The van der Waals surface area contributed by atoms with Gasteiger partial charge in [-0.1, -0.05) is 12.1 Å². The average molecular weight is 241 g/mol. The molecule has 86 valence electrons. The lowest BCUT2D eigenvalue weighted by Gasteiger charge is -2.04. The number of carboxylic acid groups (broad SMARTS) is 1. The third kappa shape index (κ3) is 3.07. The summed E-state index contributed by atoms with van der Waals surface area (Å²) < 4.78 is 0. The van der Waals surface area contributed by atoms with Crippen molar-refractivity contribution >= 4 is 23.4 Å². The molecule has 0 aliphatic rings. The standard InChI is InChI=1S/C12H13ClO3/c1-8-4-5-9(7-10(8)12(15)16)11(14)3-2-6-13/h4-5,7H,2-3,6H2,1H3,(H,15,16). The van der Waals surface area contributed by atoms with Crippen LogP contribution >= 0.6 is 11.6 Å². The monoisotopic (exact) mass is 240 g/mol. The van der Waals surface area contributed by atoms with Crippen LogP contribution < -0.4 is 0 Å². The van der Waals surface area contributed by atoms with E-state index in [4.69, 9.17) is 16.7 Å². The maximum Gasteiger partial charge on any atom is 0.335 e. The number of benzene rings is 1. The van der Waals surface area contributed by atoms with Crippen molar-refractivity contribution in [3.63, 3.8) is 0 Å². The van der Waals surface area contributed by atoms with Crippen molar-refractivity contribution in [1.29, 1.82) is 0 Å². The van der Waals surface area contributed by atoms with E-state index in [1.165, 1.54) is 6.07 Å². The number of halogens is 1. The summed E-state index contributed by atoms with van der Waals surface area (Å²) in [5, 5.41) is 8.92. The van der Waals surface area contributed by atoms with Crippen molar-refractivity contribution in [3.05, 3.63) is 34.9 Å². The Labute approximate surface area is 99.0 Å². The lowest BCUT2D eigenvalue weighted by atomic mass is 10.0. The molecule has 4 heteroatoms. The Kier molecular flexibility index (Phi) is 4.50. The van der Waals surface area contributed by atoms with Gasteiger partial charge in [-0.2, -0.15) is 0 Å². The fourth-order valence-corrected chi connectivity index (χ4v) is 1.53. The number of alkyl halides is 1. The molecule has 0 spiro atoms. The van der Waals surface area contributed by atoms with Crippen LogP contribution in [0.5, 0.6) is 0 Å². The molecule has 0 unspecified atom stereocenters. The Hall–Kier alpha value is -1.35. The van der Waals surface area contributed by atoms with Gasteiger partial charge in [0.15, 0.2) is 5.78 Å². The van der Waals surface area contributed by atoms with Gasteiger partial charge in [0.05, 0.1) is 5.56 Å². The molecule has 0 fully saturated rings. The molecule has 0 atom stereocenters. The highest BCUT2D eigenvalue weighted by Crippen LogP contribution is 2.13. The molecule has 0 radical (unpaired) electrons. The number of carboxylic acids is 1. The number of rotatable bonds is 5. The average Bonchev–Trinajstić information content (AvgIpc) is 2.26. The van der Waals surface area contributed by atoms with E-state index in [1.807, 2.05) is 0 Å². The Morgan fingerprint density at radius 1 is 1.38 bits per heavy atom. The lowest BCUT2D eigenvalue weighted by Crippen LogP contribution is -2.05. The highest BCUT2D eigenvalue weighted by molar-refractivity contribution is 6.18. The molecule has 3 nitrogen and oxygen atoms in total. The largest absolute Gasteiger partial charge is 0.478 e. The van der Waals surface area contributed by atoms with E-state index in [0.717, 1.165) is 0 Å². The second-order valence-electron chi connectivity index (χ2n) is 3.55. The third-order valence-electron chi connectivity index (χ3n) is 2.33. The maximum atomic E-state index is 11.6. The smallest absolute Gasteiger partial charge is 0.335 e. The molecule has 0 aliphatic carbocycles. The zero-order valence-electron chi connectivity index (χ0n) is 9.00. The van der Waals surface area contributed by atoms with Gasteiger partial charge in [0.2, 0.25) is 0 Å². The van der Waals surface area contributed by atoms with E-state index in [1.54, 1.807) is 19.1 Å². The first-order valence-electron chi connectivity index (χ1n) is 4.99. The van der Waals surface area contributed by atoms with Crippen LogP contribution in [0.4, 0.5) is 0 Å². The van der Waals surface area contributed by atoms with Gasteiger partial charge >= 0.3 is 5.97 Å². The van der Waals surface area contributed by atoms with E-state index in [0.29, 0.717) is 29.8 Å².